The largest absolute Gasteiger partial charge is 0.361 e. The number of aromatic nitrogens is 2. The zero-order valence-corrected chi connectivity index (χ0v) is 11.2. The third kappa shape index (κ3) is 3.17. The minimum atomic E-state index is 0.881. The molecule has 0 aliphatic rings. The Hall–Kier alpha value is -1.68. The van der Waals surface area contributed by atoms with Crippen molar-refractivity contribution in [3.8, 4) is 0 Å². The Morgan fingerprint density at radius 2 is 1.94 bits per heavy atom. The molecule has 2 aromatic heterocycles. The Bertz CT molecular complexity index is 473. The van der Waals surface area contributed by atoms with E-state index in [-0.39, 0.29) is 0 Å². The molecule has 0 bridgehead atoms. The zero-order chi connectivity index (χ0) is 13.0. The molecule has 0 fully saturated rings. The molecule has 0 saturated heterocycles. The van der Waals surface area contributed by atoms with E-state index in [0.717, 1.165) is 31.0 Å². The summed E-state index contributed by atoms with van der Waals surface area (Å²) in [6.07, 6.45) is 4.70. The third-order valence-electron chi connectivity index (χ3n) is 3.14. The first kappa shape index (κ1) is 12.8. The number of rotatable bonds is 5. The van der Waals surface area contributed by atoms with E-state index >= 15 is 0 Å². The number of aryl methyl sites for hydroxylation is 2. The van der Waals surface area contributed by atoms with Gasteiger partial charge in [-0.25, -0.2) is 0 Å². The van der Waals surface area contributed by atoms with Crippen LogP contribution in [0.4, 0.5) is 0 Å². The fourth-order valence-electron chi connectivity index (χ4n) is 1.95. The molecule has 0 amide bonds. The highest BCUT2D eigenvalue weighted by atomic mass is 16.5. The van der Waals surface area contributed by atoms with Crippen LogP contribution in [0.1, 0.15) is 22.6 Å². The van der Waals surface area contributed by atoms with Crippen LogP contribution in [0, 0.1) is 13.8 Å². The zero-order valence-electron chi connectivity index (χ0n) is 11.2. The van der Waals surface area contributed by atoms with Crippen LogP contribution in [0.15, 0.2) is 29.0 Å². The molecule has 2 heterocycles. The van der Waals surface area contributed by atoms with Crippen molar-refractivity contribution in [3.63, 3.8) is 0 Å². The Balaban J connectivity index is 1.88. The molecule has 0 saturated carbocycles. The summed E-state index contributed by atoms with van der Waals surface area (Å²) >= 11 is 0. The lowest BCUT2D eigenvalue weighted by Crippen LogP contribution is -2.21. The molecule has 96 valence electrons. The van der Waals surface area contributed by atoms with Gasteiger partial charge in [-0.15, -0.1) is 0 Å². The molecule has 0 N–H and O–H groups in total. The molecule has 0 unspecified atom stereocenters. The Morgan fingerprint density at radius 1 is 1.22 bits per heavy atom. The molecule has 4 nitrogen and oxygen atoms in total. The fourth-order valence-corrected chi connectivity index (χ4v) is 1.95. The maximum atomic E-state index is 5.17. The average Bonchev–Trinajstić information content (AvgIpc) is 2.69. The number of hydrogen-bond donors (Lipinski definition) is 0. The summed E-state index contributed by atoms with van der Waals surface area (Å²) < 4.78 is 5.17. The van der Waals surface area contributed by atoms with Gasteiger partial charge < -0.3 is 9.42 Å². The van der Waals surface area contributed by atoms with E-state index in [2.05, 4.69) is 34.2 Å². The van der Waals surface area contributed by atoms with E-state index in [4.69, 9.17) is 4.52 Å². The van der Waals surface area contributed by atoms with Crippen molar-refractivity contribution in [2.24, 2.45) is 0 Å². The van der Waals surface area contributed by atoms with Crippen LogP contribution in [-0.4, -0.2) is 28.6 Å². The molecule has 4 heteroatoms. The van der Waals surface area contributed by atoms with E-state index < -0.39 is 0 Å². The highest BCUT2D eigenvalue weighted by molar-refractivity contribution is 5.20. The summed E-state index contributed by atoms with van der Waals surface area (Å²) in [5, 5.41) is 3.98. The molecule has 0 spiro atoms. The summed E-state index contributed by atoms with van der Waals surface area (Å²) in [4.78, 5) is 6.31. The third-order valence-corrected chi connectivity index (χ3v) is 3.14. The van der Waals surface area contributed by atoms with Gasteiger partial charge in [0.05, 0.1) is 5.69 Å². The molecule has 0 aliphatic carbocycles. The topological polar surface area (TPSA) is 42.2 Å². The Labute approximate surface area is 108 Å². The molecule has 18 heavy (non-hydrogen) atoms. The summed E-state index contributed by atoms with van der Waals surface area (Å²) in [7, 11) is 2.12. The molecule has 0 radical (unpaired) electrons. The van der Waals surface area contributed by atoms with E-state index in [9.17, 15) is 0 Å². The predicted octanol–water partition coefficient (Wildman–Crippen LogP) is 2.36. The monoisotopic (exact) mass is 245 g/mol. The average molecular weight is 245 g/mol. The van der Waals surface area contributed by atoms with Gasteiger partial charge >= 0.3 is 0 Å². The molecule has 0 atom stereocenters. The first-order valence-corrected chi connectivity index (χ1v) is 6.16. The van der Waals surface area contributed by atoms with Crippen LogP contribution >= 0.6 is 0 Å². The van der Waals surface area contributed by atoms with Crippen molar-refractivity contribution >= 4 is 0 Å². The SMILES string of the molecule is Cc1noc(C)c1CN(C)CCc1ccncc1. The molecular weight excluding hydrogens is 226 g/mol. The van der Waals surface area contributed by atoms with Crippen LogP contribution in [0.25, 0.3) is 0 Å². The van der Waals surface area contributed by atoms with Gasteiger partial charge in [0.25, 0.3) is 0 Å². The minimum absolute atomic E-state index is 0.881. The number of likely N-dealkylation sites (N-methyl/N-ethyl adjacent to an activating group) is 1. The molecule has 2 rings (SSSR count). The lowest BCUT2D eigenvalue weighted by molar-refractivity contribution is 0.326. The van der Waals surface area contributed by atoms with Gasteiger partial charge in [-0.3, -0.25) is 4.98 Å². The lowest BCUT2D eigenvalue weighted by Gasteiger charge is -2.16. The Morgan fingerprint density at radius 3 is 2.56 bits per heavy atom. The smallest absolute Gasteiger partial charge is 0.138 e. The predicted molar refractivity (Wildman–Crippen MR) is 70.3 cm³/mol. The van der Waals surface area contributed by atoms with Crippen LogP contribution < -0.4 is 0 Å². The highest BCUT2D eigenvalue weighted by Gasteiger charge is 2.11. The summed E-state index contributed by atoms with van der Waals surface area (Å²) in [5.74, 6) is 0.920. The summed E-state index contributed by atoms with van der Waals surface area (Å²) in [6.45, 7) is 5.84. The van der Waals surface area contributed by atoms with Gasteiger partial charge in [-0.1, -0.05) is 5.16 Å². The van der Waals surface area contributed by atoms with Gasteiger partial charge in [-0.2, -0.15) is 0 Å². The van der Waals surface area contributed by atoms with Gasteiger partial charge in [0.1, 0.15) is 5.76 Å². The van der Waals surface area contributed by atoms with Gasteiger partial charge in [0, 0.05) is 31.0 Å². The van der Waals surface area contributed by atoms with E-state index in [1.54, 1.807) is 0 Å². The highest BCUT2D eigenvalue weighted by Crippen LogP contribution is 2.14. The first-order chi connectivity index (χ1) is 8.66. The van der Waals surface area contributed by atoms with Crippen molar-refractivity contribution in [2.45, 2.75) is 26.8 Å². The summed E-state index contributed by atoms with van der Waals surface area (Å²) in [5.41, 5.74) is 3.51. The van der Waals surface area contributed by atoms with E-state index in [1.165, 1.54) is 11.1 Å². The maximum absolute atomic E-state index is 5.17. The fraction of sp³-hybridized carbons (Fsp3) is 0.429. The van der Waals surface area contributed by atoms with Gasteiger partial charge in [0.2, 0.25) is 0 Å². The second kappa shape index (κ2) is 5.78. The van der Waals surface area contributed by atoms with Crippen LogP contribution in [0.3, 0.4) is 0 Å². The quantitative estimate of drug-likeness (QED) is 0.811. The molecule has 0 aliphatic heterocycles. The first-order valence-electron chi connectivity index (χ1n) is 6.16. The standard InChI is InChI=1S/C14H19N3O/c1-11-14(12(2)18-16-11)10-17(3)9-6-13-4-7-15-8-5-13/h4-5,7-8H,6,9-10H2,1-3H3. The van der Waals surface area contributed by atoms with Crippen molar-refractivity contribution in [2.75, 3.05) is 13.6 Å². The van der Waals surface area contributed by atoms with Crippen LogP contribution in [0.2, 0.25) is 0 Å². The number of nitrogens with zero attached hydrogens (tertiary/aromatic N) is 3. The van der Waals surface area contributed by atoms with Gasteiger partial charge in [0.15, 0.2) is 0 Å². The molecule has 2 aromatic rings. The van der Waals surface area contributed by atoms with Crippen molar-refractivity contribution in [1.82, 2.24) is 15.0 Å². The van der Waals surface area contributed by atoms with Crippen LogP contribution in [0.5, 0.6) is 0 Å². The van der Waals surface area contributed by atoms with Gasteiger partial charge in [-0.05, 0) is 45.0 Å². The maximum Gasteiger partial charge on any atom is 0.138 e. The molecular formula is C14H19N3O. The lowest BCUT2D eigenvalue weighted by atomic mass is 10.1. The second-order valence-electron chi connectivity index (χ2n) is 4.65. The van der Waals surface area contributed by atoms with E-state index in [0.29, 0.717) is 0 Å². The normalized spacial score (nSPS) is 11.1. The summed E-state index contributed by atoms with van der Waals surface area (Å²) in [6, 6.07) is 4.12. The van der Waals surface area contributed by atoms with E-state index in [1.807, 2.05) is 26.2 Å². The number of hydrogen-bond acceptors (Lipinski definition) is 4. The van der Waals surface area contributed by atoms with Crippen molar-refractivity contribution in [1.29, 1.82) is 0 Å². The number of pyridine rings is 1. The van der Waals surface area contributed by atoms with Crippen LogP contribution in [-0.2, 0) is 13.0 Å². The van der Waals surface area contributed by atoms with Crippen molar-refractivity contribution in [3.05, 3.63) is 47.1 Å². The minimum Gasteiger partial charge on any atom is -0.361 e. The van der Waals surface area contributed by atoms with Crippen molar-refractivity contribution < 1.29 is 4.52 Å². The second-order valence-corrected chi connectivity index (χ2v) is 4.65. The Kier molecular flexibility index (Phi) is 4.10. The molecule has 0 aromatic carbocycles.